The zero-order valence-electron chi connectivity index (χ0n) is 16.5. The van der Waals surface area contributed by atoms with Crippen LogP contribution in [0.15, 0.2) is 32.7 Å². The van der Waals surface area contributed by atoms with Gasteiger partial charge in [-0.1, -0.05) is 12.1 Å². The molecule has 1 saturated heterocycles. The second-order valence-corrected chi connectivity index (χ2v) is 10.1. The molecule has 2 aromatic carbocycles. The van der Waals surface area contributed by atoms with Crippen LogP contribution in [0.2, 0.25) is 0 Å². The molecule has 28 heavy (non-hydrogen) atoms. The van der Waals surface area contributed by atoms with Gasteiger partial charge in [0.2, 0.25) is 0 Å². The fourth-order valence-electron chi connectivity index (χ4n) is 5.48. The first-order valence-electron chi connectivity index (χ1n) is 11.1. The van der Waals surface area contributed by atoms with Crippen molar-refractivity contribution in [2.45, 2.75) is 64.2 Å². The standard InChI is InChI=1S/C24H28NO2P/c1-3-9-19-17(7-1)11-13-21-23(19)24-20-10-4-2-8-18(20)12-14-22(24)27-28(26-21)25-15-5-6-16-25/h11-14H,1-10,15-16H2. The van der Waals surface area contributed by atoms with Gasteiger partial charge in [-0.3, -0.25) is 0 Å². The highest BCUT2D eigenvalue weighted by Crippen LogP contribution is 2.43. The van der Waals surface area contributed by atoms with Crippen molar-refractivity contribution in [2.75, 3.05) is 17.8 Å². The molecule has 1 fully saturated rings. The van der Waals surface area contributed by atoms with Gasteiger partial charge in [0.05, 0.1) is 0 Å². The van der Waals surface area contributed by atoms with Gasteiger partial charge in [0.25, 0.3) is 0 Å². The number of aryl methyl sites for hydroxylation is 4. The lowest BCUT2D eigenvalue weighted by Crippen LogP contribution is -2.12. The van der Waals surface area contributed by atoms with E-state index in [-0.39, 0.29) is 0 Å². The maximum atomic E-state index is 6.65. The van der Waals surface area contributed by atoms with Crippen molar-refractivity contribution >= 4 is 30.1 Å². The van der Waals surface area contributed by atoms with Gasteiger partial charge < -0.3 is 8.39 Å². The van der Waals surface area contributed by atoms with Crippen molar-refractivity contribution in [3.63, 3.8) is 0 Å². The van der Waals surface area contributed by atoms with Gasteiger partial charge in [-0.25, -0.2) is 4.67 Å². The van der Waals surface area contributed by atoms with Crippen molar-refractivity contribution in [3.8, 4) is 0 Å². The highest BCUT2D eigenvalue weighted by molar-refractivity contribution is 7.39. The number of benzene rings is 2. The van der Waals surface area contributed by atoms with Crippen molar-refractivity contribution < 1.29 is 8.39 Å². The lowest BCUT2D eigenvalue weighted by Gasteiger charge is -2.20. The van der Waals surface area contributed by atoms with Gasteiger partial charge in [-0.15, -0.1) is 0 Å². The minimum Gasteiger partial charge on any atom is -0.408 e. The van der Waals surface area contributed by atoms with Crippen LogP contribution in [0.4, 0.5) is 0 Å². The SMILES string of the molecule is c1cc2op(N3CCCC3)oc3ccc4c(c3c2c2c1CCCC2)CCCC4. The third-order valence-corrected chi connectivity index (χ3v) is 8.47. The number of fused-ring (bicyclic) bond motifs is 7. The normalized spacial score (nSPS) is 19.7. The Hall–Kier alpha value is -1.70. The average molecular weight is 393 g/mol. The Balaban J connectivity index is 1.76. The van der Waals surface area contributed by atoms with Crippen LogP contribution < -0.4 is 4.67 Å². The highest BCUT2D eigenvalue weighted by Gasteiger charge is 2.23. The fraction of sp³-hybridized carbons (Fsp3) is 0.500. The summed E-state index contributed by atoms with van der Waals surface area (Å²) in [5, 5.41) is 2.74. The van der Waals surface area contributed by atoms with E-state index >= 15 is 0 Å². The summed E-state index contributed by atoms with van der Waals surface area (Å²) in [5.74, 6) is 0. The molecule has 0 saturated carbocycles. The number of hydrogen-bond acceptors (Lipinski definition) is 3. The van der Waals surface area contributed by atoms with Crippen LogP contribution in [0, 0.1) is 0 Å². The fourth-order valence-corrected chi connectivity index (χ4v) is 7.00. The lowest BCUT2D eigenvalue weighted by molar-refractivity contribution is 0.627. The first kappa shape index (κ1) is 17.2. The van der Waals surface area contributed by atoms with Gasteiger partial charge in [0.15, 0.2) is 0 Å². The number of hydrogen-bond donors (Lipinski definition) is 0. The molecule has 0 unspecified atom stereocenters. The smallest absolute Gasteiger partial charge is 0.309 e. The van der Waals surface area contributed by atoms with Crippen LogP contribution >= 0.6 is 8.16 Å². The molecule has 0 radical (unpaired) electrons. The molecule has 1 aliphatic heterocycles. The van der Waals surface area contributed by atoms with E-state index in [1.54, 1.807) is 0 Å². The third kappa shape index (κ3) is 2.75. The van der Waals surface area contributed by atoms with Gasteiger partial charge in [0, 0.05) is 23.9 Å². The van der Waals surface area contributed by atoms with Gasteiger partial charge in [0.1, 0.15) is 11.2 Å². The van der Waals surface area contributed by atoms with Crippen molar-refractivity contribution in [1.82, 2.24) is 0 Å². The first-order chi connectivity index (χ1) is 13.9. The molecule has 6 rings (SSSR count). The third-order valence-electron chi connectivity index (χ3n) is 6.91. The summed E-state index contributed by atoms with van der Waals surface area (Å²) < 4.78 is 15.7. The summed E-state index contributed by atoms with van der Waals surface area (Å²) >= 11 is 0. The van der Waals surface area contributed by atoms with E-state index in [1.165, 1.54) is 97.2 Å². The Labute approximate surface area is 167 Å². The molecular weight excluding hydrogens is 365 g/mol. The zero-order chi connectivity index (χ0) is 18.5. The van der Waals surface area contributed by atoms with Crippen LogP contribution in [-0.2, 0) is 25.7 Å². The Bertz CT molecular complexity index is 1020. The molecule has 2 aliphatic carbocycles. The summed E-state index contributed by atoms with van der Waals surface area (Å²) in [6, 6.07) is 9.13. The summed E-state index contributed by atoms with van der Waals surface area (Å²) in [6.45, 7) is 2.18. The molecule has 0 amide bonds. The summed E-state index contributed by atoms with van der Waals surface area (Å²) in [7, 11) is -1.07. The zero-order valence-corrected chi connectivity index (χ0v) is 17.4. The molecule has 3 aromatic rings. The lowest BCUT2D eigenvalue weighted by atomic mass is 9.84. The summed E-state index contributed by atoms with van der Waals surface area (Å²) in [5.41, 5.74) is 8.25. The Morgan fingerprint density at radius 3 is 1.64 bits per heavy atom. The van der Waals surface area contributed by atoms with Crippen molar-refractivity contribution in [3.05, 3.63) is 46.5 Å². The minimum atomic E-state index is -1.07. The van der Waals surface area contributed by atoms with E-state index in [0.29, 0.717) is 0 Å². The second kappa shape index (κ2) is 6.97. The van der Waals surface area contributed by atoms with E-state index in [0.717, 1.165) is 24.3 Å². The van der Waals surface area contributed by atoms with E-state index in [2.05, 4.69) is 28.9 Å². The summed E-state index contributed by atoms with van der Waals surface area (Å²) in [4.78, 5) is 0. The van der Waals surface area contributed by atoms with Crippen molar-refractivity contribution in [1.29, 1.82) is 0 Å². The summed E-state index contributed by atoms with van der Waals surface area (Å²) in [6.07, 6.45) is 12.4. The molecule has 146 valence electrons. The molecule has 1 aromatic heterocycles. The molecule has 4 heteroatoms. The van der Waals surface area contributed by atoms with Crippen LogP contribution in [-0.4, -0.2) is 13.1 Å². The Morgan fingerprint density at radius 1 is 0.607 bits per heavy atom. The molecule has 2 heterocycles. The highest BCUT2D eigenvalue weighted by atomic mass is 31.1. The van der Waals surface area contributed by atoms with E-state index < -0.39 is 8.16 Å². The van der Waals surface area contributed by atoms with Gasteiger partial charge in [-0.2, -0.15) is 0 Å². The van der Waals surface area contributed by atoms with Crippen LogP contribution in [0.1, 0.15) is 60.8 Å². The quantitative estimate of drug-likeness (QED) is 0.456. The Kier molecular flexibility index (Phi) is 4.28. The Morgan fingerprint density at radius 2 is 1.11 bits per heavy atom. The topological polar surface area (TPSA) is 29.5 Å². The first-order valence-corrected chi connectivity index (χ1v) is 12.2. The number of rotatable bonds is 1. The molecule has 0 spiro atoms. The predicted octanol–water partition coefficient (Wildman–Crippen LogP) is 6.78. The van der Waals surface area contributed by atoms with Crippen molar-refractivity contribution in [2.24, 2.45) is 0 Å². The molecule has 3 nitrogen and oxygen atoms in total. The second-order valence-electron chi connectivity index (χ2n) is 8.65. The monoisotopic (exact) mass is 393 g/mol. The van der Waals surface area contributed by atoms with Gasteiger partial charge in [-0.05, 0) is 98.6 Å². The maximum Gasteiger partial charge on any atom is 0.309 e. The molecule has 0 N–H and O–H groups in total. The van der Waals surface area contributed by atoms with E-state index in [9.17, 15) is 0 Å². The molecule has 0 bridgehead atoms. The average Bonchev–Trinajstić information content (AvgIpc) is 3.22. The molecule has 3 aliphatic rings. The predicted molar refractivity (Wildman–Crippen MR) is 117 cm³/mol. The van der Waals surface area contributed by atoms with Crippen LogP contribution in [0.5, 0.6) is 0 Å². The number of nitrogens with zero attached hydrogens (tertiary/aromatic N) is 1. The van der Waals surface area contributed by atoms with Crippen LogP contribution in [0.3, 0.4) is 0 Å². The molecular formula is C24H28NO2P. The van der Waals surface area contributed by atoms with Gasteiger partial charge >= 0.3 is 8.16 Å². The van der Waals surface area contributed by atoms with E-state index in [4.69, 9.17) is 8.39 Å². The largest absolute Gasteiger partial charge is 0.408 e. The minimum absolute atomic E-state index is 1.07. The van der Waals surface area contributed by atoms with Crippen LogP contribution in [0.25, 0.3) is 21.9 Å². The molecule has 0 atom stereocenters. The maximum absolute atomic E-state index is 6.65. The van der Waals surface area contributed by atoms with E-state index in [1.807, 2.05) is 0 Å².